The fourth-order valence-corrected chi connectivity index (χ4v) is 2.53. The van der Waals surface area contributed by atoms with E-state index in [1.807, 2.05) is 30.3 Å². The van der Waals surface area contributed by atoms with Gasteiger partial charge in [-0.1, -0.05) is 43.3 Å². The number of hydrogen-bond acceptors (Lipinski definition) is 3. The molecule has 2 aromatic carbocycles. The average molecular weight is 312 g/mol. The fraction of sp³-hybridized carbons (Fsp3) is 0.400. The quantitative estimate of drug-likeness (QED) is 0.518. The first-order valence-corrected chi connectivity index (χ1v) is 8.55. The van der Waals surface area contributed by atoms with Crippen LogP contribution in [0.2, 0.25) is 0 Å². The lowest BCUT2D eigenvalue weighted by molar-refractivity contribution is 0.323. The lowest BCUT2D eigenvalue weighted by Gasteiger charge is -2.11. The van der Waals surface area contributed by atoms with Crippen molar-refractivity contribution in [2.75, 3.05) is 25.4 Å². The van der Waals surface area contributed by atoms with Crippen LogP contribution in [-0.2, 0) is 12.8 Å². The summed E-state index contributed by atoms with van der Waals surface area (Å²) in [5, 5.41) is 3.42. The number of nitrogen functional groups attached to an aromatic ring is 1. The Morgan fingerprint density at radius 1 is 0.957 bits per heavy atom. The monoisotopic (exact) mass is 312 g/mol. The van der Waals surface area contributed by atoms with Crippen LogP contribution < -0.4 is 15.8 Å². The molecule has 124 valence electrons. The van der Waals surface area contributed by atoms with Crippen molar-refractivity contribution in [1.29, 1.82) is 0 Å². The molecule has 3 nitrogen and oxygen atoms in total. The highest BCUT2D eigenvalue weighted by Crippen LogP contribution is 2.23. The normalized spacial score (nSPS) is 10.7. The third kappa shape index (κ3) is 6.33. The minimum absolute atomic E-state index is 0.647. The van der Waals surface area contributed by atoms with E-state index in [0.29, 0.717) is 6.61 Å². The summed E-state index contributed by atoms with van der Waals surface area (Å²) in [6.45, 7) is 4.98. The number of rotatable bonds is 10. The molecule has 3 heteroatoms. The van der Waals surface area contributed by atoms with E-state index in [4.69, 9.17) is 10.5 Å². The Hall–Kier alpha value is -2.00. The predicted octanol–water partition coefficient (Wildman–Crippen LogP) is 3.82. The molecule has 0 aliphatic carbocycles. The number of nitrogens with one attached hydrogen (secondary N) is 1. The number of nitrogens with two attached hydrogens (primary N) is 1. The van der Waals surface area contributed by atoms with Gasteiger partial charge in [-0.15, -0.1) is 0 Å². The maximum Gasteiger partial charge on any atom is 0.142 e. The van der Waals surface area contributed by atoms with Gasteiger partial charge in [-0.25, -0.2) is 0 Å². The highest BCUT2D eigenvalue weighted by Gasteiger charge is 2.03. The molecule has 23 heavy (non-hydrogen) atoms. The first-order chi connectivity index (χ1) is 11.3. The Morgan fingerprint density at radius 3 is 2.52 bits per heavy atom. The molecule has 0 aliphatic rings. The molecule has 0 bridgehead atoms. The van der Waals surface area contributed by atoms with Crippen LogP contribution in [0.4, 0.5) is 5.69 Å². The van der Waals surface area contributed by atoms with Crippen molar-refractivity contribution < 1.29 is 4.74 Å². The molecule has 0 atom stereocenters. The minimum atomic E-state index is 0.647. The number of anilines is 1. The molecule has 0 unspecified atom stereocenters. The predicted molar refractivity (Wildman–Crippen MR) is 98.0 cm³/mol. The lowest BCUT2D eigenvalue weighted by atomic mass is 10.1. The minimum Gasteiger partial charge on any atom is -0.491 e. The second kappa shape index (κ2) is 9.90. The van der Waals surface area contributed by atoms with Crippen molar-refractivity contribution in [2.24, 2.45) is 0 Å². The first-order valence-electron chi connectivity index (χ1n) is 8.55. The number of benzene rings is 2. The van der Waals surface area contributed by atoms with E-state index in [1.165, 1.54) is 17.5 Å². The van der Waals surface area contributed by atoms with Crippen LogP contribution in [-0.4, -0.2) is 19.7 Å². The topological polar surface area (TPSA) is 47.3 Å². The smallest absolute Gasteiger partial charge is 0.142 e. The molecule has 0 saturated heterocycles. The maximum atomic E-state index is 6.11. The lowest BCUT2D eigenvalue weighted by Crippen LogP contribution is -2.16. The fourth-order valence-electron chi connectivity index (χ4n) is 2.53. The van der Waals surface area contributed by atoms with E-state index in [0.717, 1.165) is 43.8 Å². The molecule has 0 heterocycles. The van der Waals surface area contributed by atoms with Crippen LogP contribution in [0.1, 0.15) is 30.9 Å². The van der Waals surface area contributed by atoms with Crippen LogP contribution in [0.3, 0.4) is 0 Å². The van der Waals surface area contributed by atoms with Crippen molar-refractivity contribution in [1.82, 2.24) is 5.32 Å². The molecule has 0 aliphatic heterocycles. The summed E-state index contributed by atoms with van der Waals surface area (Å²) in [7, 11) is 0. The van der Waals surface area contributed by atoms with Gasteiger partial charge in [0.05, 0.1) is 12.3 Å². The Labute approximate surface area is 139 Å². The molecular formula is C20H28N2O. The SMILES string of the molecule is CCCNCCCc1ccc(OCCc2ccccc2)c(N)c1. The van der Waals surface area contributed by atoms with Crippen LogP contribution >= 0.6 is 0 Å². The molecule has 0 amide bonds. The van der Waals surface area contributed by atoms with E-state index in [1.54, 1.807) is 0 Å². The van der Waals surface area contributed by atoms with Gasteiger partial charge in [0.1, 0.15) is 5.75 Å². The van der Waals surface area contributed by atoms with Gasteiger partial charge in [-0.2, -0.15) is 0 Å². The molecule has 0 radical (unpaired) electrons. The largest absolute Gasteiger partial charge is 0.491 e. The van der Waals surface area contributed by atoms with Gasteiger partial charge in [0, 0.05) is 6.42 Å². The highest BCUT2D eigenvalue weighted by molar-refractivity contribution is 5.54. The zero-order valence-electron chi connectivity index (χ0n) is 14.1. The molecular weight excluding hydrogens is 284 g/mol. The number of aryl methyl sites for hydroxylation is 1. The highest BCUT2D eigenvalue weighted by atomic mass is 16.5. The Balaban J connectivity index is 1.75. The van der Waals surface area contributed by atoms with Gasteiger partial charge < -0.3 is 15.8 Å². The molecule has 0 spiro atoms. The summed E-state index contributed by atoms with van der Waals surface area (Å²) in [4.78, 5) is 0. The summed E-state index contributed by atoms with van der Waals surface area (Å²) >= 11 is 0. The third-order valence-corrected chi connectivity index (χ3v) is 3.81. The van der Waals surface area contributed by atoms with E-state index in [-0.39, 0.29) is 0 Å². The molecule has 0 aromatic heterocycles. The van der Waals surface area contributed by atoms with Gasteiger partial charge in [0.15, 0.2) is 0 Å². The van der Waals surface area contributed by atoms with Crippen molar-refractivity contribution in [3.05, 3.63) is 59.7 Å². The zero-order valence-corrected chi connectivity index (χ0v) is 14.1. The van der Waals surface area contributed by atoms with Crippen LogP contribution in [0.15, 0.2) is 48.5 Å². The van der Waals surface area contributed by atoms with Crippen molar-refractivity contribution in [2.45, 2.75) is 32.6 Å². The maximum absolute atomic E-state index is 6.11. The number of ether oxygens (including phenoxy) is 1. The second-order valence-corrected chi connectivity index (χ2v) is 5.81. The van der Waals surface area contributed by atoms with Crippen molar-refractivity contribution in [3.63, 3.8) is 0 Å². The van der Waals surface area contributed by atoms with Crippen LogP contribution in [0.5, 0.6) is 5.75 Å². The van der Waals surface area contributed by atoms with E-state index >= 15 is 0 Å². The first kappa shape index (κ1) is 17.4. The van der Waals surface area contributed by atoms with Crippen LogP contribution in [0.25, 0.3) is 0 Å². The van der Waals surface area contributed by atoms with Gasteiger partial charge in [0.2, 0.25) is 0 Å². The molecule has 2 aromatic rings. The summed E-state index contributed by atoms with van der Waals surface area (Å²) in [6.07, 6.45) is 4.26. The molecule has 0 saturated carbocycles. The number of hydrogen-bond donors (Lipinski definition) is 2. The van der Waals surface area contributed by atoms with E-state index < -0.39 is 0 Å². The van der Waals surface area contributed by atoms with Gasteiger partial charge in [-0.3, -0.25) is 0 Å². The van der Waals surface area contributed by atoms with E-state index in [9.17, 15) is 0 Å². The van der Waals surface area contributed by atoms with Crippen molar-refractivity contribution >= 4 is 5.69 Å². The van der Waals surface area contributed by atoms with Crippen molar-refractivity contribution in [3.8, 4) is 5.75 Å². The standard InChI is InChI=1S/C20H28N2O/c1-2-13-22-14-6-9-18-10-11-20(19(21)16-18)23-15-12-17-7-4-3-5-8-17/h3-5,7-8,10-11,16,22H,2,6,9,12-15,21H2,1H3. The average Bonchev–Trinajstić information content (AvgIpc) is 2.57. The zero-order chi connectivity index (χ0) is 16.3. The second-order valence-electron chi connectivity index (χ2n) is 5.81. The molecule has 0 fully saturated rings. The van der Waals surface area contributed by atoms with E-state index in [2.05, 4.69) is 30.4 Å². The third-order valence-electron chi connectivity index (χ3n) is 3.81. The molecule has 3 N–H and O–H groups in total. The van der Waals surface area contributed by atoms with Gasteiger partial charge >= 0.3 is 0 Å². The van der Waals surface area contributed by atoms with Gasteiger partial charge in [-0.05, 0) is 55.6 Å². The Morgan fingerprint density at radius 2 is 1.78 bits per heavy atom. The molecule has 2 rings (SSSR count). The van der Waals surface area contributed by atoms with Gasteiger partial charge in [0.25, 0.3) is 0 Å². The van der Waals surface area contributed by atoms with Crippen LogP contribution in [0, 0.1) is 0 Å². The summed E-state index contributed by atoms with van der Waals surface area (Å²) in [5.74, 6) is 0.786. The Kier molecular flexibility index (Phi) is 7.47. The summed E-state index contributed by atoms with van der Waals surface area (Å²) in [5.41, 5.74) is 9.40. The Bertz CT molecular complexity index is 569. The summed E-state index contributed by atoms with van der Waals surface area (Å²) < 4.78 is 5.82. The summed E-state index contributed by atoms with van der Waals surface area (Å²) in [6, 6.07) is 16.5.